The summed E-state index contributed by atoms with van der Waals surface area (Å²) in [6.45, 7) is 2.87. The van der Waals surface area contributed by atoms with Crippen LogP contribution in [0.5, 0.6) is 5.75 Å². The SMILES string of the molecule is CCC(N)Cc1cc2c(cc1Cl)OCC2. The van der Waals surface area contributed by atoms with Crippen LogP contribution in [0.25, 0.3) is 0 Å². The van der Waals surface area contributed by atoms with Crippen LogP contribution >= 0.6 is 11.6 Å². The highest BCUT2D eigenvalue weighted by Crippen LogP contribution is 2.31. The molecular weight excluding hydrogens is 210 g/mol. The van der Waals surface area contributed by atoms with Crippen LogP contribution < -0.4 is 10.5 Å². The van der Waals surface area contributed by atoms with Gasteiger partial charge in [-0.2, -0.15) is 0 Å². The fraction of sp³-hybridized carbons (Fsp3) is 0.500. The standard InChI is InChI=1S/C12H16ClNO/c1-2-10(14)6-9-5-8-3-4-15-12(8)7-11(9)13/h5,7,10H,2-4,6,14H2,1H3. The van der Waals surface area contributed by atoms with Gasteiger partial charge in [-0.1, -0.05) is 24.6 Å². The third-order valence-corrected chi connectivity index (χ3v) is 3.22. The molecule has 0 aromatic heterocycles. The number of fused-ring (bicyclic) bond motifs is 1. The molecule has 2 nitrogen and oxygen atoms in total. The van der Waals surface area contributed by atoms with Crippen LogP contribution in [0.2, 0.25) is 5.02 Å². The first kappa shape index (κ1) is 10.8. The molecule has 0 saturated heterocycles. The van der Waals surface area contributed by atoms with Crippen molar-refractivity contribution < 1.29 is 4.74 Å². The number of ether oxygens (including phenoxy) is 1. The van der Waals surface area contributed by atoms with Crippen molar-refractivity contribution in [3.05, 3.63) is 28.3 Å². The fourth-order valence-electron chi connectivity index (χ4n) is 1.83. The van der Waals surface area contributed by atoms with Crippen molar-refractivity contribution in [3.63, 3.8) is 0 Å². The van der Waals surface area contributed by atoms with E-state index in [1.165, 1.54) is 5.56 Å². The highest BCUT2D eigenvalue weighted by atomic mass is 35.5. The summed E-state index contributed by atoms with van der Waals surface area (Å²) >= 11 is 6.17. The number of halogens is 1. The Morgan fingerprint density at radius 1 is 1.53 bits per heavy atom. The lowest BCUT2D eigenvalue weighted by Crippen LogP contribution is -2.21. The molecule has 0 fully saturated rings. The Kier molecular flexibility index (Phi) is 3.17. The van der Waals surface area contributed by atoms with Crippen molar-refractivity contribution in [2.75, 3.05) is 6.61 Å². The monoisotopic (exact) mass is 225 g/mol. The molecule has 0 radical (unpaired) electrons. The van der Waals surface area contributed by atoms with Crippen molar-refractivity contribution in [2.45, 2.75) is 32.2 Å². The van der Waals surface area contributed by atoms with Gasteiger partial charge in [-0.25, -0.2) is 0 Å². The number of hydrogen-bond acceptors (Lipinski definition) is 2. The van der Waals surface area contributed by atoms with Crippen LogP contribution in [0.4, 0.5) is 0 Å². The van der Waals surface area contributed by atoms with Crippen molar-refractivity contribution >= 4 is 11.6 Å². The minimum Gasteiger partial charge on any atom is -0.493 e. The Morgan fingerprint density at radius 2 is 2.33 bits per heavy atom. The third kappa shape index (κ3) is 2.27. The van der Waals surface area contributed by atoms with E-state index in [1.807, 2.05) is 6.07 Å². The van der Waals surface area contributed by atoms with E-state index in [2.05, 4.69) is 13.0 Å². The largest absolute Gasteiger partial charge is 0.493 e. The van der Waals surface area contributed by atoms with Crippen LogP contribution in [0, 0.1) is 0 Å². The van der Waals surface area contributed by atoms with Gasteiger partial charge >= 0.3 is 0 Å². The Bertz CT molecular complexity index is 365. The zero-order valence-corrected chi connectivity index (χ0v) is 9.68. The summed E-state index contributed by atoms with van der Waals surface area (Å²) in [4.78, 5) is 0. The first-order chi connectivity index (χ1) is 7.20. The van der Waals surface area contributed by atoms with E-state index < -0.39 is 0 Å². The summed E-state index contributed by atoms with van der Waals surface area (Å²) in [5, 5.41) is 0.777. The van der Waals surface area contributed by atoms with Gasteiger partial charge in [-0.3, -0.25) is 0 Å². The number of nitrogens with two attached hydrogens (primary N) is 1. The van der Waals surface area contributed by atoms with E-state index in [0.717, 1.165) is 42.2 Å². The predicted molar refractivity (Wildman–Crippen MR) is 62.6 cm³/mol. The molecule has 1 aromatic carbocycles. The highest BCUT2D eigenvalue weighted by molar-refractivity contribution is 6.31. The molecule has 1 atom stereocenters. The summed E-state index contributed by atoms with van der Waals surface area (Å²) in [5.41, 5.74) is 8.34. The molecule has 2 N–H and O–H groups in total. The minimum absolute atomic E-state index is 0.197. The summed E-state index contributed by atoms with van der Waals surface area (Å²) in [6, 6.07) is 4.25. The van der Waals surface area contributed by atoms with Gasteiger partial charge in [0.1, 0.15) is 5.75 Å². The molecule has 15 heavy (non-hydrogen) atoms. The number of benzene rings is 1. The van der Waals surface area contributed by atoms with Crippen molar-refractivity contribution in [1.82, 2.24) is 0 Å². The Labute approximate surface area is 95.4 Å². The molecule has 1 aliphatic heterocycles. The maximum absolute atomic E-state index is 6.17. The third-order valence-electron chi connectivity index (χ3n) is 2.86. The van der Waals surface area contributed by atoms with Crippen molar-refractivity contribution in [2.24, 2.45) is 5.73 Å². The molecule has 82 valence electrons. The average molecular weight is 226 g/mol. The molecule has 0 bridgehead atoms. The van der Waals surface area contributed by atoms with Gasteiger partial charge in [0.15, 0.2) is 0 Å². The molecule has 0 amide bonds. The lowest BCUT2D eigenvalue weighted by Gasteiger charge is -2.11. The van der Waals surface area contributed by atoms with Gasteiger partial charge in [0.2, 0.25) is 0 Å². The van der Waals surface area contributed by atoms with Crippen molar-refractivity contribution in [3.8, 4) is 5.75 Å². The first-order valence-corrected chi connectivity index (χ1v) is 5.78. The topological polar surface area (TPSA) is 35.2 Å². The van der Waals surface area contributed by atoms with Gasteiger partial charge in [0.25, 0.3) is 0 Å². The molecule has 0 spiro atoms. The normalized spacial score (nSPS) is 15.9. The van der Waals surface area contributed by atoms with Crippen LogP contribution in [0.1, 0.15) is 24.5 Å². The summed E-state index contributed by atoms with van der Waals surface area (Å²) in [7, 11) is 0. The van der Waals surface area contributed by atoms with E-state index >= 15 is 0 Å². The van der Waals surface area contributed by atoms with Crippen LogP contribution in [0.3, 0.4) is 0 Å². The Balaban J connectivity index is 2.24. The van der Waals surface area contributed by atoms with E-state index in [0.29, 0.717) is 0 Å². The van der Waals surface area contributed by atoms with E-state index in [9.17, 15) is 0 Å². The lowest BCUT2D eigenvalue weighted by atomic mass is 10.0. The van der Waals surface area contributed by atoms with Gasteiger partial charge in [0, 0.05) is 17.5 Å². The van der Waals surface area contributed by atoms with E-state index in [-0.39, 0.29) is 6.04 Å². The Morgan fingerprint density at radius 3 is 3.07 bits per heavy atom. The maximum atomic E-state index is 6.17. The van der Waals surface area contributed by atoms with Crippen LogP contribution in [-0.4, -0.2) is 12.6 Å². The number of hydrogen-bond donors (Lipinski definition) is 1. The molecule has 1 aliphatic rings. The second kappa shape index (κ2) is 4.42. The Hall–Kier alpha value is -0.730. The zero-order chi connectivity index (χ0) is 10.8. The van der Waals surface area contributed by atoms with Gasteiger partial charge in [-0.05, 0) is 30.0 Å². The van der Waals surface area contributed by atoms with E-state index in [1.54, 1.807) is 0 Å². The van der Waals surface area contributed by atoms with Crippen LogP contribution in [-0.2, 0) is 12.8 Å². The zero-order valence-electron chi connectivity index (χ0n) is 8.92. The predicted octanol–water partition coefficient (Wildman–Crippen LogP) is 2.55. The highest BCUT2D eigenvalue weighted by Gasteiger charge is 2.16. The molecule has 2 rings (SSSR count). The summed E-state index contributed by atoms with van der Waals surface area (Å²) in [6.07, 6.45) is 2.81. The maximum Gasteiger partial charge on any atom is 0.124 e. The molecule has 1 heterocycles. The molecule has 1 aromatic rings. The quantitative estimate of drug-likeness (QED) is 0.858. The second-order valence-electron chi connectivity index (χ2n) is 4.02. The molecule has 0 saturated carbocycles. The van der Waals surface area contributed by atoms with Gasteiger partial charge < -0.3 is 10.5 Å². The van der Waals surface area contributed by atoms with Crippen molar-refractivity contribution in [1.29, 1.82) is 0 Å². The summed E-state index contributed by atoms with van der Waals surface area (Å²) in [5.74, 6) is 0.939. The smallest absolute Gasteiger partial charge is 0.124 e. The van der Waals surface area contributed by atoms with Gasteiger partial charge in [-0.15, -0.1) is 0 Å². The first-order valence-electron chi connectivity index (χ1n) is 5.40. The summed E-state index contributed by atoms with van der Waals surface area (Å²) < 4.78 is 5.45. The average Bonchev–Trinajstić information content (AvgIpc) is 2.65. The van der Waals surface area contributed by atoms with Gasteiger partial charge in [0.05, 0.1) is 6.61 Å². The molecule has 1 unspecified atom stereocenters. The fourth-order valence-corrected chi connectivity index (χ4v) is 2.07. The van der Waals surface area contributed by atoms with Crippen LogP contribution in [0.15, 0.2) is 12.1 Å². The number of rotatable bonds is 3. The second-order valence-corrected chi connectivity index (χ2v) is 4.43. The van der Waals surface area contributed by atoms with E-state index in [4.69, 9.17) is 22.1 Å². The molecule has 0 aliphatic carbocycles. The molecule has 3 heteroatoms. The molecular formula is C12H16ClNO. The lowest BCUT2D eigenvalue weighted by molar-refractivity contribution is 0.357. The minimum atomic E-state index is 0.197.